The van der Waals surface area contributed by atoms with E-state index in [9.17, 15) is 23.3 Å². The van der Waals surface area contributed by atoms with E-state index >= 15 is 0 Å². The lowest BCUT2D eigenvalue weighted by atomic mass is 10.0. The number of rotatable bonds is 4. The van der Waals surface area contributed by atoms with Crippen LogP contribution in [0.3, 0.4) is 0 Å². The number of nitrogens with one attached hydrogen (secondary N) is 1. The van der Waals surface area contributed by atoms with Crippen molar-refractivity contribution in [2.45, 2.75) is 18.6 Å². The summed E-state index contributed by atoms with van der Waals surface area (Å²) in [5, 5.41) is 15.1. The Balaban J connectivity index is 2.21. The van der Waals surface area contributed by atoms with Gasteiger partial charge in [-0.25, -0.2) is 0 Å². The molecule has 1 aliphatic heterocycles. The second-order valence-electron chi connectivity index (χ2n) is 4.60. The van der Waals surface area contributed by atoms with E-state index < -0.39 is 23.6 Å². The lowest BCUT2D eigenvalue weighted by molar-refractivity contribution is -0.380. The van der Waals surface area contributed by atoms with Gasteiger partial charge < -0.3 is 5.32 Å². The summed E-state index contributed by atoms with van der Waals surface area (Å²) in [7, 11) is 0. The van der Waals surface area contributed by atoms with E-state index in [1.54, 1.807) is 4.90 Å². The van der Waals surface area contributed by atoms with Crippen molar-refractivity contribution in [2.24, 2.45) is 0 Å². The molecule has 20 heavy (non-hydrogen) atoms. The lowest BCUT2D eigenvalue weighted by Gasteiger charge is -2.35. The highest BCUT2D eigenvalue weighted by molar-refractivity contribution is 7.13. The number of halogens is 3. The quantitative estimate of drug-likeness (QED) is 0.686. The van der Waals surface area contributed by atoms with Crippen molar-refractivity contribution in [1.82, 2.24) is 10.2 Å². The van der Waals surface area contributed by atoms with Crippen LogP contribution in [0.15, 0.2) is 11.4 Å². The van der Waals surface area contributed by atoms with Crippen molar-refractivity contribution in [3.05, 3.63) is 27.1 Å². The fraction of sp³-hybridized carbons (Fsp3) is 0.636. The molecule has 0 aromatic carbocycles. The van der Waals surface area contributed by atoms with Crippen LogP contribution in [-0.4, -0.2) is 42.2 Å². The van der Waals surface area contributed by atoms with Gasteiger partial charge in [0.2, 0.25) is 0 Å². The van der Waals surface area contributed by atoms with Crippen molar-refractivity contribution in [2.75, 3.05) is 26.2 Å². The van der Waals surface area contributed by atoms with Gasteiger partial charge in [0.25, 0.3) is 0 Å². The van der Waals surface area contributed by atoms with Crippen LogP contribution >= 0.6 is 11.3 Å². The molecule has 1 N–H and O–H groups in total. The Bertz CT molecular complexity index is 472. The van der Waals surface area contributed by atoms with Crippen molar-refractivity contribution >= 4 is 16.3 Å². The second kappa shape index (κ2) is 6.06. The second-order valence-corrected chi connectivity index (χ2v) is 5.49. The molecule has 0 unspecified atom stereocenters. The Hall–Kier alpha value is -1.19. The number of hydrogen-bond acceptors (Lipinski definition) is 5. The van der Waals surface area contributed by atoms with E-state index in [2.05, 4.69) is 5.32 Å². The van der Waals surface area contributed by atoms with E-state index in [1.807, 2.05) is 0 Å². The molecule has 2 heterocycles. The first-order chi connectivity index (χ1) is 9.37. The van der Waals surface area contributed by atoms with E-state index in [0.717, 1.165) is 11.3 Å². The standard InChI is InChI=1S/C11H14F3N3O2S/c12-11(13,14)6-9(16-3-1-15-2-4-16)8-5-10(17(18)19)20-7-8/h5,7,9,15H,1-4,6H2/t9-/m1/s1. The Morgan fingerprint density at radius 3 is 2.60 bits per heavy atom. The number of hydrogen-bond donors (Lipinski definition) is 1. The number of nitrogens with zero attached hydrogens (tertiary/aromatic N) is 2. The molecule has 1 atom stereocenters. The van der Waals surface area contributed by atoms with Gasteiger partial charge in [-0.3, -0.25) is 15.0 Å². The molecular weight excluding hydrogens is 295 g/mol. The van der Waals surface area contributed by atoms with Crippen LogP contribution in [0.1, 0.15) is 18.0 Å². The Kier molecular flexibility index (Phi) is 4.61. The van der Waals surface area contributed by atoms with Crippen LogP contribution in [0.5, 0.6) is 0 Å². The van der Waals surface area contributed by atoms with Crippen LogP contribution in [-0.2, 0) is 0 Å². The highest BCUT2D eigenvalue weighted by Crippen LogP contribution is 2.37. The molecule has 9 heteroatoms. The maximum absolute atomic E-state index is 12.7. The summed E-state index contributed by atoms with van der Waals surface area (Å²) in [6, 6.07) is 0.408. The normalized spacial score (nSPS) is 18.9. The monoisotopic (exact) mass is 309 g/mol. The van der Waals surface area contributed by atoms with Gasteiger partial charge in [-0.15, -0.1) is 0 Å². The predicted octanol–water partition coefficient (Wildman–Crippen LogP) is 2.56. The molecule has 0 amide bonds. The average molecular weight is 309 g/mol. The molecule has 1 aromatic heterocycles. The molecule has 1 fully saturated rings. The molecule has 0 bridgehead atoms. The predicted molar refractivity (Wildman–Crippen MR) is 68.8 cm³/mol. The van der Waals surface area contributed by atoms with Gasteiger partial charge in [-0.2, -0.15) is 13.2 Å². The fourth-order valence-corrected chi connectivity index (χ4v) is 3.05. The number of nitro groups is 1. The first-order valence-electron chi connectivity index (χ1n) is 6.11. The maximum Gasteiger partial charge on any atom is 0.390 e. The summed E-state index contributed by atoms with van der Waals surface area (Å²) in [6.45, 7) is 2.26. The third kappa shape index (κ3) is 3.90. The molecule has 1 aromatic rings. The van der Waals surface area contributed by atoms with Crippen LogP contribution in [0.25, 0.3) is 0 Å². The Morgan fingerprint density at radius 2 is 2.10 bits per heavy atom. The Morgan fingerprint density at radius 1 is 1.45 bits per heavy atom. The highest BCUT2D eigenvalue weighted by atomic mass is 32.1. The average Bonchev–Trinajstić information content (AvgIpc) is 2.85. The molecule has 2 rings (SSSR count). The fourth-order valence-electron chi connectivity index (χ4n) is 2.28. The van der Waals surface area contributed by atoms with Gasteiger partial charge in [0.1, 0.15) is 0 Å². The van der Waals surface area contributed by atoms with Gasteiger partial charge >= 0.3 is 11.2 Å². The Labute approximate surface area is 117 Å². The van der Waals surface area contributed by atoms with Gasteiger partial charge in [-0.05, 0) is 5.56 Å². The van der Waals surface area contributed by atoms with Gasteiger partial charge in [0, 0.05) is 43.7 Å². The summed E-state index contributed by atoms with van der Waals surface area (Å²) in [4.78, 5) is 11.8. The summed E-state index contributed by atoms with van der Waals surface area (Å²) < 4.78 is 38.2. The maximum atomic E-state index is 12.7. The zero-order valence-corrected chi connectivity index (χ0v) is 11.3. The summed E-state index contributed by atoms with van der Waals surface area (Å²) in [5.74, 6) is 0. The third-order valence-electron chi connectivity index (χ3n) is 3.19. The lowest BCUT2D eigenvalue weighted by Crippen LogP contribution is -2.46. The SMILES string of the molecule is O=[N+]([O-])c1cc([C@@H](CC(F)(F)F)N2CCNCC2)cs1. The molecule has 5 nitrogen and oxygen atoms in total. The zero-order chi connectivity index (χ0) is 14.8. The molecular formula is C11H14F3N3O2S. The van der Waals surface area contributed by atoms with Gasteiger partial charge in [0.05, 0.1) is 11.3 Å². The summed E-state index contributed by atoms with van der Waals surface area (Å²) >= 11 is 0.867. The minimum absolute atomic E-state index is 0.123. The molecule has 0 aliphatic carbocycles. The van der Waals surface area contributed by atoms with Crippen molar-refractivity contribution in [1.29, 1.82) is 0 Å². The summed E-state index contributed by atoms with van der Waals surface area (Å²) in [6.07, 6.45) is -5.28. The number of alkyl halides is 3. The van der Waals surface area contributed by atoms with Gasteiger partial charge in [0.15, 0.2) is 0 Å². The molecule has 0 spiro atoms. The molecule has 1 saturated heterocycles. The number of thiophene rings is 1. The van der Waals surface area contributed by atoms with Crippen molar-refractivity contribution in [3.8, 4) is 0 Å². The van der Waals surface area contributed by atoms with Gasteiger partial charge in [-0.1, -0.05) is 11.3 Å². The largest absolute Gasteiger partial charge is 0.390 e. The van der Waals surface area contributed by atoms with Crippen LogP contribution < -0.4 is 5.32 Å². The van der Waals surface area contributed by atoms with E-state index in [4.69, 9.17) is 0 Å². The number of piperazine rings is 1. The van der Waals surface area contributed by atoms with E-state index in [1.165, 1.54) is 11.4 Å². The topological polar surface area (TPSA) is 58.4 Å². The van der Waals surface area contributed by atoms with Crippen LogP contribution in [0, 0.1) is 10.1 Å². The molecule has 1 aliphatic rings. The first-order valence-corrected chi connectivity index (χ1v) is 6.99. The zero-order valence-electron chi connectivity index (χ0n) is 10.5. The van der Waals surface area contributed by atoms with Crippen LogP contribution in [0.2, 0.25) is 0 Å². The van der Waals surface area contributed by atoms with Crippen molar-refractivity contribution < 1.29 is 18.1 Å². The molecule has 0 saturated carbocycles. The molecule has 0 radical (unpaired) electrons. The third-order valence-corrected chi connectivity index (χ3v) is 4.09. The molecule has 112 valence electrons. The summed E-state index contributed by atoms with van der Waals surface area (Å²) in [5.41, 5.74) is 0.376. The smallest absolute Gasteiger partial charge is 0.314 e. The van der Waals surface area contributed by atoms with Crippen LogP contribution in [0.4, 0.5) is 18.2 Å². The van der Waals surface area contributed by atoms with Crippen molar-refractivity contribution in [3.63, 3.8) is 0 Å². The van der Waals surface area contributed by atoms with E-state index in [0.29, 0.717) is 31.7 Å². The first kappa shape index (κ1) is 15.2. The minimum atomic E-state index is -4.30. The van der Waals surface area contributed by atoms with E-state index in [-0.39, 0.29) is 5.00 Å². The minimum Gasteiger partial charge on any atom is -0.314 e. The highest BCUT2D eigenvalue weighted by Gasteiger charge is 2.36.